The number of nitrogens with one attached hydrogen (secondary N) is 1. The van der Waals surface area contributed by atoms with Gasteiger partial charge in [-0.25, -0.2) is 4.39 Å². The minimum absolute atomic E-state index is 0.252. The fraction of sp³-hybridized carbons (Fsp3) is 0.625. The zero-order valence-corrected chi connectivity index (χ0v) is 12.7. The maximum Gasteiger partial charge on any atom is 0.142 e. The Labute approximate surface area is 125 Å². The molecule has 1 aromatic carbocycles. The Balaban J connectivity index is 1.84. The molecule has 1 aliphatic carbocycles. The van der Waals surface area contributed by atoms with E-state index in [1.807, 2.05) is 6.07 Å². The van der Waals surface area contributed by atoms with E-state index in [9.17, 15) is 4.39 Å². The van der Waals surface area contributed by atoms with E-state index in [2.05, 4.69) is 17.1 Å². The molecule has 1 N–H and O–H groups in total. The Morgan fingerprint density at radius 1 is 1.40 bits per heavy atom. The predicted molar refractivity (Wildman–Crippen MR) is 80.5 cm³/mol. The van der Waals surface area contributed by atoms with Gasteiger partial charge in [-0.15, -0.1) is 0 Å². The summed E-state index contributed by atoms with van der Waals surface area (Å²) in [6.07, 6.45) is 5.06. The molecule has 0 amide bonds. The molecule has 1 saturated carbocycles. The average Bonchev–Trinajstić information content (AvgIpc) is 2.89. The molecule has 1 unspecified atom stereocenters. The Kier molecular flexibility index (Phi) is 4.02. The van der Waals surface area contributed by atoms with Crippen molar-refractivity contribution in [2.45, 2.75) is 50.7 Å². The summed E-state index contributed by atoms with van der Waals surface area (Å²) in [7, 11) is 0. The molecule has 1 atom stereocenters. The Morgan fingerprint density at radius 3 is 2.90 bits per heavy atom. The van der Waals surface area contributed by atoms with E-state index in [1.54, 1.807) is 6.07 Å². The first kappa shape index (κ1) is 14.3. The molecule has 0 radical (unpaired) electrons. The van der Waals surface area contributed by atoms with Crippen molar-refractivity contribution in [1.82, 2.24) is 10.2 Å². The summed E-state index contributed by atoms with van der Waals surface area (Å²) in [5, 5.41) is 3.89. The van der Waals surface area contributed by atoms with Gasteiger partial charge in [0.1, 0.15) is 5.82 Å². The van der Waals surface area contributed by atoms with E-state index >= 15 is 0 Å². The van der Waals surface area contributed by atoms with Gasteiger partial charge < -0.3 is 5.32 Å². The van der Waals surface area contributed by atoms with Gasteiger partial charge in [-0.05, 0) is 31.4 Å². The van der Waals surface area contributed by atoms with Crippen molar-refractivity contribution < 1.29 is 4.39 Å². The second-order valence-corrected chi connectivity index (χ2v) is 6.68. The minimum Gasteiger partial charge on any atom is -0.311 e. The smallest absolute Gasteiger partial charge is 0.142 e. The molecule has 1 heterocycles. The van der Waals surface area contributed by atoms with Crippen LogP contribution >= 0.6 is 11.6 Å². The molecular formula is C16H22ClFN2. The van der Waals surface area contributed by atoms with E-state index in [0.29, 0.717) is 6.04 Å². The van der Waals surface area contributed by atoms with Crippen LogP contribution in [0.1, 0.15) is 38.2 Å². The van der Waals surface area contributed by atoms with Crippen LogP contribution in [0.5, 0.6) is 0 Å². The van der Waals surface area contributed by atoms with E-state index in [0.717, 1.165) is 25.2 Å². The van der Waals surface area contributed by atoms with Crippen molar-refractivity contribution in [3.63, 3.8) is 0 Å². The zero-order valence-electron chi connectivity index (χ0n) is 12.0. The molecule has 20 heavy (non-hydrogen) atoms. The van der Waals surface area contributed by atoms with Gasteiger partial charge in [-0.3, -0.25) is 4.90 Å². The van der Waals surface area contributed by atoms with Gasteiger partial charge in [0.05, 0.1) is 5.02 Å². The topological polar surface area (TPSA) is 15.3 Å². The number of hydrogen-bond donors (Lipinski definition) is 1. The van der Waals surface area contributed by atoms with Crippen LogP contribution in [0.25, 0.3) is 0 Å². The fourth-order valence-electron chi connectivity index (χ4n) is 3.70. The predicted octanol–water partition coefficient (Wildman–Crippen LogP) is 3.59. The summed E-state index contributed by atoms with van der Waals surface area (Å²) in [4.78, 5) is 2.53. The lowest BCUT2D eigenvalue weighted by Gasteiger charge is -2.48. The van der Waals surface area contributed by atoms with Crippen molar-refractivity contribution >= 4 is 11.6 Å². The molecule has 1 aromatic rings. The van der Waals surface area contributed by atoms with Crippen LogP contribution in [0.3, 0.4) is 0 Å². The second-order valence-electron chi connectivity index (χ2n) is 6.31. The van der Waals surface area contributed by atoms with Crippen molar-refractivity contribution in [2.75, 3.05) is 13.1 Å². The summed E-state index contributed by atoms with van der Waals surface area (Å²) in [5.74, 6) is -0.312. The first-order valence-corrected chi connectivity index (χ1v) is 7.90. The minimum atomic E-state index is -0.312. The lowest BCUT2D eigenvalue weighted by Crippen LogP contribution is -2.62. The van der Waals surface area contributed by atoms with Crippen molar-refractivity contribution in [2.24, 2.45) is 0 Å². The van der Waals surface area contributed by atoms with E-state index in [-0.39, 0.29) is 16.4 Å². The van der Waals surface area contributed by atoms with E-state index < -0.39 is 0 Å². The fourth-order valence-corrected chi connectivity index (χ4v) is 3.89. The molecule has 0 aromatic heterocycles. The third-order valence-corrected chi connectivity index (χ3v) is 5.29. The summed E-state index contributed by atoms with van der Waals surface area (Å²) >= 11 is 6.13. The number of benzene rings is 1. The first-order chi connectivity index (χ1) is 9.61. The maximum absolute atomic E-state index is 13.6. The monoisotopic (exact) mass is 296 g/mol. The highest BCUT2D eigenvalue weighted by atomic mass is 35.5. The molecular weight excluding hydrogens is 275 g/mol. The Morgan fingerprint density at radius 2 is 2.15 bits per heavy atom. The van der Waals surface area contributed by atoms with Crippen LogP contribution in [0.15, 0.2) is 18.2 Å². The normalized spacial score (nSPS) is 26.2. The first-order valence-electron chi connectivity index (χ1n) is 7.52. The van der Waals surface area contributed by atoms with Gasteiger partial charge in [0.25, 0.3) is 0 Å². The average molecular weight is 297 g/mol. The molecule has 1 spiro atoms. The van der Waals surface area contributed by atoms with Crippen molar-refractivity contribution in [3.8, 4) is 0 Å². The van der Waals surface area contributed by atoms with Crippen LogP contribution in [0, 0.1) is 5.82 Å². The third kappa shape index (κ3) is 2.59. The Hall–Kier alpha value is -0.640. The number of piperazine rings is 1. The lowest BCUT2D eigenvalue weighted by molar-refractivity contribution is 0.0392. The number of hydrogen-bond acceptors (Lipinski definition) is 2. The maximum atomic E-state index is 13.6. The van der Waals surface area contributed by atoms with Crippen LogP contribution in [-0.4, -0.2) is 29.6 Å². The standard InChI is InChI=1S/C16H22ClFN2/c1-12-9-20(16(11-19-12)7-2-3-8-16)10-13-5-4-6-14(18)15(13)17/h4-6,12,19H,2-3,7-11H2,1H3. The zero-order chi connectivity index (χ0) is 14.2. The number of halogens is 2. The molecule has 110 valence electrons. The molecule has 4 heteroatoms. The highest BCUT2D eigenvalue weighted by Gasteiger charge is 2.42. The molecule has 3 rings (SSSR count). The van der Waals surface area contributed by atoms with Gasteiger partial charge in [-0.1, -0.05) is 36.6 Å². The van der Waals surface area contributed by atoms with Crippen LogP contribution in [-0.2, 0) is 6.54 Å². The van der Waals surface area contributed by atoms with Gasteiger partial charge in [0, 0.05) is 31.2 Å². The lowest BCUT2D eigenvalue weighted by atomic mass is 9.90. The van der Waals surface area contributed by atoms with Crippen molar-refractivity contribution in [1.29, 1.82) is 0 Å². The summed E-state index contributed by atoms with van der Waals surface area (Å²) < 4.78 is 13.6. The van der Waals surface area contributed by atoms with Crippen molar-refractivity contribution in [3.05, 3.63) is 34.6 Å². The molecule has 2 aliphatic rings. The van der Waals surface area contributed by atoms with E-state index in [4.69, 9.17) is 11.6 Å². The van der Waals surface area contributed by atoms with Gasteiger partial charge in [0.15, 0.2) is 0 Å². The molecule has 1 saturated heterocycles. The number of rotatable bonds is 2. The molecule has 2 fully saturated rings. The second kappa shape index (κ2) is 5.63. The van der Waals surface area contributed by atoms with E-state index in [1.165, 1.54) is 31.7 Å². The SMILES string of the molecule is CC1CN(Cc2cccc(F)c2Cl)C2(CCCC2)CN1. The highest BCUT2D eigenvalue weighted by Crippen LogP contribution is 2.38. The summed E-state index contributed by atoms with van der Waals surface area (Å²) in [6, 6.07) is 5.61. The van der Waals surface area contributed by atoms with Gasteiger partial charge in [-0.2, -0.15) is 0 Å². The third-order valence-electron chi connectivity index (χ3n) is 4.87. The largest absolute Gasteiger partial charge is 0.311 e. The Bertz CT molecular complexity index is 485. The van der Waals surface area contributed by atoms with Gasteiger partial charge in [0.2, 0.25) is 0 Å². The van der Waals surface area contributed by atoms with Crippen LogP contribution < -0.4 is 5.32 Å². The molecule has 2 nitrogen and oxygen atoms in total. The summed E-state index contributed by atoms with van der Waals surface area (Å²) in [5.41, 5.74) is 1.16. The molecule has 0 bridgehead atoms. The van der Waals surface area contributed by atoms with Crippen LogP contribution in [0.4, 0.5) is 4.39 Å². The quantitative estimate of drug-likeness (QED) is 0.897. The summed E-state index contributed by atoms with van der Waals surface area (Å²) in [6.45, 7) is 5.01. The molecule has 1 aliphatic heterocycles. The van der Waals surface area contributed by atoms with Crippen LogP contribution in [0.2, 0.25) is 5.02 Å². The number of nitrogens with zero attached hydrogens (tertiary/aromatic N) is 1. The van der Waals surface area contributed by atoms with Gasteiger partial charge >= 0.3 is 0 Å². The highest BCUT2D eigenvalue weighted by molar-refractivity contribution is 6.31.